The van der Waals surface area contributed by atoms with Gasteiger partial charge in [0.15, 0.2) is 6.10 Å². The third kappa shape index (κ3) is 76.8. The van der Waals surface area contributed by atoms with Crippen LogP contribution in [0.5, 0.6) is 0 Å². The minimum Gasteiger partial charge on any atom is -0.477 e. The van der Waals surface area contributed by atoms with Crippen molar-refractivity contribution in [2.24, 2.45) is 0 Å². The quantitative estimate of drug-likeness (QED) is 0.0211. The van der Waals surface area contributed by atoms with Crippen molar-refractivity contribution in [2.75, 3.05) is 47.5 Å². The second-order valence-corrected chi connectivity index (χ2v) is 25.5. The molecular formula is C88H138NO8+. The molecule has 0 rings (SSSR count). The van der Waals surface area contributed by atoms with Gasteiger partial charge in [-0.15, -0.1) is 0 Å². The van der Waals surface area contributed by atoms with Gasteiger partial charge in [-0.2, -0.15) is 0 Å². The molecule has 0 fully saturated rings. The van der Waals surface area contributed by atoms with E-state index >= 15 is 0 Å². The predicted octanol–water partition coefficient (Wildman–Crippen LogP) is 24.5. The number of ether oxygens (including phenoxy) is 4. The van der Waals surface area contributed by atoms with Gasteiger partial charge < -0.3 is 28.5 Å². The molecule has 1 N–H and O–H groups in total. The third-order valence-corrected chi connectivity index (χ3v) is 15.2. The molecule has 0 heterocycles. The molecule has 0 aliphatic heterocycles. The largest absolute Gasteiger partial charge is 0.477 e. The molecule has 0 aromatic heterocycles. The normalized spacial score (nSPS) is 13.9. The molecule has 0 aliphatic rings. The number of unbranched alkanes of at least 4 members (excludes halogenated alkanes) is 16. The SMILES string of the molecule is CC/C=C\C/C=C\C/C=C\C/C=C\C/C=C\C/C=C\C/C=C\C/C=C\C/C=C\C/C=C\C/C=C\C/C=C\CCCCC(=O)OC(COC(=O)CCCCCCCCCCCCCCCC/C=C\C/C=C\C/C=C\C/C=C\C/C=C\C/C=C\CC)COC(OCC[N+](C)(C)C)C(=O)O. The van der Waals surface area contributed by atoms with E-state index in [1.54, 1.807) is 0 Å². The molecule has 97 heavy (non-hydrogen) atoms. The summed E-state index contributed by atoms with van der Waals surface area (Å²) < 4.78 is 22.9. The van der Waals surface area contributed by atoms with Gasteiger partial charge in [0.2, 0.25) is 0 Å². The number of rotatable bonds is 67. The maximum Gasteiger partial charge on any atom is 0.361 e. The number of aliphatic carboxylic acids is 1. The van der Waals surface area contributed by atoms with Crippen molar-refractivity contribution < 1.29 is 42.9 Å². The van der Waals surface area contributed by atoms with Crippen LogP contribution in [0.1, 0.15) is 258 Å². The van der Waals surface area contributed by atoms with Gasteiger partial charge in [-0.25, -0.2) is 4.79 Å². The van der Waals surface area contributed by atoms with Crippen LogP contribution in [0.2, 0.25) is 0 Å². The van der Waals surface area contributed by atoms with Gasteiger partial charge in [-0.05, 0) is 154 Å². The number of carboxylic acid groups (broad SMARTS) is 1. The van der Waals surface area contributed by atoms with Crippen molar-refractivity contribution in [3.05, 3.63) is 219 Å². The molecule has 9 heteroatoms. The van der Waals surface area contributed by atoms with E-state index < -0.39 is 24.3 Å². The lowest BCUT2D eigenvalue weighted by atomic mass is 10.0. The highest BCUT2D eigenvalue weighted by molar-refractivity contribution is 5.71. The maximum atomic E-state index is 13.0. The molecule has 0 bridgehead atoms. The fourth-order valence-corrected chi connectivity index (χ4v) is 9.53. The molecule has 0 radical (unpaired) electrons. The highest BCUT2D eigenvalue weighted by Gasteiger charge is 2.25. The summed E-state index contributed by atoms with van der Waals surface area (Å²) in [4.78, 5) is 37.7. The second-order valence-electron chi connectivity index (χ2n) is 25.5. The minimum absolute atomic E-state index is 0.168. The number of hydrogen-bond acceptors (Lipinski definition) is 7. The van der Waals surface area contributed by atoms with Gasteiger partial charge in [-0.3, -0.25) is 9.59 Å². The fraction of sp³-hybridized carbons (Fsp3) is 0.557. The Labute approximate surface area is 594 Å². The molecular weight excluding hydrogens is 1200 g/mol. The molecule has 2 atom stereocenters. The first-order valence-corrected chi connectivity index (χ1v) is 37.9. The molecule has 0 aromatic carbocycles. The van der Waals surface area contributed by atoms with Gasteiger partial charge in [0.1, 0.15) is 13.2 Å². The van der Waals surface area contributed by atoms with Gasteiger partial charge >= 0.3 is 17.9 Å². The third-order valence-electron chi connectivity index (χ3n) is 15.2. The summed E-state index contributed by atoms with van der Waals surface area (Å²) in [5, 5.41) is 9.76. The summed E-state index contributed by atoms with van der Waals surface area (Å²) in [6.07, 6.45) is 116. The van der Waals surface area contributed by atoms with Crippen LogP contribution in [0.4, 0.5) is 0 Å². The number of carbonyl (C=O) groups is 3. The van der Waals surface area contributed by atoms with Crippen molar-refractivity contribution in [1.29, 1.82) is 0 Å². The Bertz CT molecular complexity index is 2400. The monoisotopic (exact) mass is 1340 g/mol. The number of esters is 2. The van der Waals surface area contributed by atoms with E-state index in [4.69, 9.17) is 18.9 Å². The van der Waals surface area contributed by atoms with E-state index in [9.17, 15) is 19.5 Å². The smallest absolute Gasteiger partial charge is 0.361 e. The Hall–Kier alpha value is -6.39. The van der Waals surface area contributed by atoms with Crippen molar-refractivity contribution in [2.45, 2.75) is 270 Å². The van der Waals surface area contributed by atoms with Crippen LogP contribution in [0.25, 0.3) is 0 Å². The van der Waals surface area contributed by atoms with Crippen LogP contribution >= 0.6 is 0 Å². The van der Waals surface area contributed by atoms with Crippen LogP contribution in [0.15, 0.2) is 219 Å². The zero-order chi connectivity index (χ0) is 70.4. The Morgan fingerprint density at radius 1 is 0.309 bits per heavy atom. The molecule has 0 aromatic rings. The van der Waals surface area contributed by atoms with E-state index in [0.29, 0.717) is 17.4 Å². The fourth-order valence-electron chi connectivity index (χ4n) is 9.53. The number of nitrogens with zero attached hydrogens (tertiary/aromatic N) is 1. The molecule has 542 valence electrons. The van der Waals surface area contributed by atoms with Crippen molar-refractivity contribution in [3.63, 3.8) is 0 Å². The summed E-state index contributed by atoms with van der Waals surface area (Å²) >= 11 is 0. The number of quaternary nitrogens is 1. The summed E-state index contributed by atoms with van der Waals surface area (Å²) in [6, 6.07) is 0. The number of hydrogen-bond donors (Lipinski definition) is 1. The topological polar surface area (TPSA) is 108 Å². The molecule has 0 saturated heterocycles. The Kier molecular flexibility index (Phi) is 70.4. The molecule has 0 amide bonds. The minimum atomic E-state index is -1.54. The van der Waals surface area contributed by atoms with E-state index in [-0.39, 0.29) is 38.6 Å². The Morgan fingerprint density at radius 3 is 0.845 bits per heavy atom. The lowest BCUT2D eigenvalue weighted by Gasteiger charge is -2.25. The van der Waals surface area contributed by atoms with E-state index in [0.717, 1.165) is 148 Å². The number of allylic oxidation sites excluding steroid dienone is 36. The van der Waals surface area contributed by atoms with Gasteiger partial charge in [0, 0.05) is 12.8 Å². The molecule has 0 aliphatic carbocycles. The summed E-state index contributed by atoms with van der Waals surface area (Å²) in [6.45, 7) is 4.58. The second kappa shape index (κ2) is 75.4. The van der Waals surface area contributed by atoms with Gasteiger partial charge in [0.05, 0.1) is 34.4 Å². The zero-order valence-electron chi connectivity index (χ0n) is 61.9. The summed E-state index contributed by atoms with van der Waals surface area (Å²) in [5.41, 5.74) is 0. The van der Waals surface area contributed by atoms with Gasteiger partial charge in [0.25, 0.3) is 6.29 Å². The van der Waals surface area contributed by atoms with E-state index in [1.807, 2.05) is 21.1 Å². The first-order valence-electron chi connectivity index (χ1n) is 37.9. The standard InChI is InChI=1S/C88H137NO8/c1-6-8-10-12-14-16-18-20-22-24-26-28-30-32-34-36-38-40-41-42-43-44-45-47-49-51-53-55-57-59-61-63-65-67-69-71-73-75-77-79-86(91)97-84(83-96-88(87(92)93)94-81-80-89(3,4)5)82-95-85(90)78-76-74-72-70-68-66-64-62-60-58-56-54-52-50-48-46-39-37-35-33-31-29-27-25-23-21-19-17-15-13-11-9-7-2/h8-11,14-17,20-23,26-29,32-35,38-40,42-43,45-47,51,53,57,59,63,65,69,71,84,88H,6-7,12-13,18-19,24-25,30-31,36-37,41,44,48-50,52,54-56,58,60-62,64,66-68,70,72-83H2,1-5H3/p+1/b10-8-,11-9-,16-14-,17-15-,22-20-,23-21-,28-26-,29-27-,34-32-,35-33-,40-38-,43-42-,46-39-,47-45-,53-51-,59-57-,65-63-,71-69-. The average Bonchev–Trinajstić information content (AvgIpc) is 2.39. The highest BCUT2D eigenvalue weighted by Crippen LogP contribution is 2.16. The lowest BCUT2D eigenvalue weighted by molar-refractivity contribution is -0.870. The van der Waals surface area contributed by atoms with Crippen LogP contribution < -0.4 is 0 Å². The average molecular weight is 1340 g/mol. The molecule has 2 unspecified atom stereocenters. The first-order chi connectivity index (χ1) is 47.6. The first kappa shape index (κ1) is 90.6. The van der Waals surface area contributed by atoms with Gasteiger partial charge in [-0.1, -0.05) is 310 Å². The molecule has 9 nitrogen and oxygen atoms in total. The van der Waals surface area contributed by atoms with Crippen LogP contribution in [-0.4, -0.2) is 87.4 Å². The highest BCUT2D eigenvalue weighted by atomic mass is 16.7. The van der Waals surface area contributed by atoms with E-state index in [2.05, 4.69) is 233 Å². The van der Waals surface area contributed by atoms with Crippen molar-refractivity contribution in [1.82, 2.24) is 0 Å². The maximum absolute atomic E-state index is 13.0. The van der Waals surface area contributed by atoms with Crippen LogP contribution in [0.3, 0.4) is 0 Å². The summed E-state index contributed by atoms with van der Waals surface area (Å²) in [5.74, 6) is -2.09. The number of likely N-dealkylation sites (N-methyl/N-ethyl adjacent to an activating group) is 1. The molecule has 0 spiro atoms. The van der Waals surface area contributed by atoms with Crippen molar-refractivity contribution >= 4 is 17.9 Å². The lowest BCUT2D eigenvalue weighted by Crippen LogP contribution is -2.40. The number of carbonyl (C=O) groups excluding carboxylic acids is 2. The van der Waals surface area contributed by atoms with Crippen molar-refractivity contribution in [3.8, 4) is 0 Å². The van der Waals surface area contributed by atoms with E-state index in [1.165, 1.54) is 77.0 Å². The van der Waals surface area contributed by atoms with Crippen LogP contribution in [0, 0.1) is 0 Å². The van der Waals surface area contributed by atoms with Crippen LogP contribution in [-0.2, 0) is 33.3 Å². The zero-order valence-corrected chi connectivity index (χ0v) is 61.9. The molecule has 0 saturated carbocycles. The Morgan fingerprint density at radius 2 is 0.557 bits per heavy atom. The number of carboxylic acids is 1. The Balaban J connectivity index is 4.24. The summed E-state index contributed by atoms with van der Waals surface area (Å²) in [7, 11) is 5.95. The predicted molar refractivity (Wildman–Crippen MR) is 418 cm³/mol.